The fourth-order valence-corrected chi connectivity index (χ4v) is 4.61. The number of halogens is 1. The summed E-state index contributed by atoms with van der Waals surface area (Å²) in [4.78, 5) is 26.1. The van der Waals surface area contributed by atoms with Gasteiger partial charge in [-0.15, -0.1) is 10.2 Å². The van der Waals surface area contributed by atoms with Crippen LogP contribution in [0.25, 0.3) is 16.7 Å². The lowest BCUT2D eigenvalue weighted by molar-refractivity contribution is 0.0939. The van der Waals surface area contributed by atoms with Crippen molar-refractivity contribution in [3.05, 3.63) is 69.8 Å². The number of thioether (sulfide) groups is 1. The highest BCUT2D eigenvalue weighted by molar-refractivity contribution is 7.98. The van der Waals surface area contributed by atoms with Gasteiger partial charge in [-0.25, -0.2) is 4.39 Å². The first-order valence-corrected chi connectivity index (χ1v) is 12.4. The van der Waals surface area contributed by atoms with E-state index in [-0.39, 0.29) is 29.2 Å². The molecule has 1 N–H and O–H groups in total. The van der Waals surface area contributed by atoms with E-state index in [0.717, 1.165) is 12.0 Å². The van der Waals surface area contributed by atoms with Crippen LogP contribution in [-0.4, -0.2) is 31.1 Å². The van der Waals surface area contributed by atoms with Crippen molar-refractivity contribution in [3.63, 3.8) is 0 Å². The Morgan fingerprint density at radius 2 is 1.94 bits per heavy atom. The normalized spacial score (nSPS) is 12.5. The predicted molar refractivity (Wildman–Crippen MR) is 133 cm³/mol. The molecule has 9 heteroatoms. The van der Waals surface area contributed by atoms with Crippen molar-refractivity contribution in [3.8, 4) is 0 Å². The zero-order chi connectivity index (χ0) is 24.4. The van der Waals surface area contributed by atoms with Gasteiger partial charge in [-0.05, 0) is 55.2 Å². The lowest BCUT2D eigenvalue weighted by Gasteiger charge is -2.15. The van der Waals surface area contributed by atoms with Crippen LogP contribution in [-0.2, 0) is 12.3 Å². The minimum absolute atomic E-state index is 0.0366. The van der Waals surface area contributed by atoms with Gasteiger partial charge < -0.3 is 5.32 Å². The summed E-state index contributed by atoms with van der Waals surface area (Å²) < 4.78 is 17.1. The first kappa shape index (κ1) is 23.9. The summed E-state index contributed by atoms with van der Waals surface area (Å²) in [6, 6.07) is 11.5. The topological polar surface area (TPSA) is 81.3 Å². The van der Waals surface area contributed by atoms with Gasteiger partial charge in [-0.1, -0.05) is 44.7 Å². The summed E-state index contributed by atoms with van der Waals surface area (Å²) in [6.45, 7) is 8.51. The number of aromatic nitrogens is 4. The molecule has 0 saturated heterocycles. The van der Waals surface area contributed by atoms with E-state index in [1.165, 1.54) is 23.9 Å². The number of rotatable bonds is 8. The maximum atomic E-state index is 13.6. The fraction of sp³-hybridized carbons (Fsp3) is 0.360. The van der Waals surface area contributed by atoms with Gasteiger partial charge in [0.1, 0.15) is 5.82 Å². The Kier molecular flexibility index (Phi) is 7.02. The Hall–Kier alpha value is -3.20. The molecule has 0 bridgehead atoms. The zero-order valence-electron chi connectivity index (χ0n) is 19.7. The third-order valence-corrected chi connectivity index (χ3v) is 6.63. The van der Waals surface area contributed by atoms with Crippen molar-refractivity contribution in [2.24, 2.45) is 5.92 Å². The molecule has 0 aliphatic rings. The van der Waals surface area contributed by atoms with Crippen LogP contribution in [0.3, 0.4) is 0 Å². The van der Waals surface area contributed by atoms with Crippen molar-refractivity contribution >= 4 is 34.3 Å². The van der Waals surface area contributed by atoms with Crippen molar-refractivity contribution in [2.75, 3.05) is 0 Å². The fourth-order valence-electron chi connectivity index (χ4n) is 3.73. The van der Waals surface area contributed by atoms with Gasteiger partial charge >= 0.3 is 0 Å². The van der Waals surface area contributed by atoms with E-state index in [1.54, 1.807) is 28.8 Å². The molecule has 0 aliphatic heterocycles. The monoisotopic (exact) mass is 481 g/mol. The van der Waals surface area contributed by atoms with Crippen LogP contribution in [0.5, 0.6) is 0 Å². The zero-order valence-corrected chi connectivity index (χ0v) is 20.5. The number of carbonyl (C=O) groups excluding carboxylic acids is 1. The summed E-state index contributed by atoms with van der Waals surface area (Å²) in [7, 11) is 0. The Morgan fingerprint density at radius 1 is 1.15 bits per heavy atom. The second-order valence-corrected chi connectivity index (χ2v) is 9.80. The van der Waals surface area contributed by atoms with Gasteiger partial charge in [-0.3, -0.25) is 18.6 Å². The quantitative estimate of drug-likeness (QED) is 0.370. The minimum atomic E-state index is -0.294. The minimum Gasteiger partial charge on any atom is -0.350 e. The second-order valence-electron chi connectivity index (χ2n) is 8.86. The lowest BCUT2D eigenvalue weighted by Crippen LogP contribution is -2.32. The van der Waals surface area contributed by atoms with E-state index in [0.29, 0.717) is 39.7 Å². The maximum Gasteiger partial charge on any atom is 0.262 e. The molecule has 1 unspecified atom stereocenters. The number of amides is 1. The molecule has 0 aliphatic carbocycles. The predicted octanol–water partition coefficient (Wildman–Crippen LogP) is 4.66. The van der Waals surface area contributed by atoms with Crippen LogP contribution in [0.4, 0.5) is 4.39 Å². The Balaban J connectivity index is 1.86. The largest absolute Gasteiger partial charge is 0.350 e. The molecule has 0 spiro atoms. The van der Waals surface area contributed by atoms with Gasteiger partial charge in [0.25, 0.3) is 11.5 Å². The number of carbonyl (C=O) groups is 1. The third kappa shape index (κ3) is 4.84. The molecule has 178 valence electrons. The van der Waals surface area contributed by atoms with E-state index in [2.05, 4.69) is 15.5 Å². The van der Waals surface area contributed by atoms with Gasteiger partial charge in [0, 0.05) is 23.9 Å². The molecule has 2 aromatic heterocycles. The SMILES string of the molecule is CCC(C)NC(=O)c1ccc2c(=O)n(CC(C)C)c3nnc(SCc4cccc(F)c4)n3c2c1. The number of nitrogens with one attached hydrogen (secondary N) is 1. The second kappa shape index (κ2) is 9.97. The Morgan fingerprint density at radius 3 is 2.65 bits per heavy atom. The molecule has 4 rings (SSSR count). The molecular weight excluding hydrogens is 453 g/mol. The van der Waals surface area contributed by atoms with Gasteiger partial charge in [0.2, 0.25) is 5.78 Å². The average Bonchev–Trinajstić information content (AvgIpc) is 3.24. The van der Waals surface area contributed by atoms with Crippen LogP contribution in [0.1, 0.15) is 50.0 Å². The van der Waals surface area contributed by atoms with E-state index < -0.39 is 0 Å². The highest BCUT2D eigenvalue weighted by atomic mass is 32.2. The molecule has 0 fully saturated rings. The molecular formula is C25H28FN5O2S. The summed E-state index contributed by atoms with van der Waals surface area (Å²) in [5, 5.41) is 12.7. The Labute approximate surface area is 201 Å². The average molecular weight is 482 g/mol. The van der Waals surface area contributed by atoms with E-state index in [1.807, 2.05) is 38.2 Å². The Bertz CT molecular complexity index is 1410. The van der Waals surface area contributed by atoms with Crippen LogP contribution in [0.15, 0.2) is 52.4 Å². The van der Waals surface area contributed by atoms with Gasteiger partial charge in [0.15, 0.2) is 5.16 Å². The summed E-state index contributed by atoms with van der Waals surface area (Å²) in [5.41, 5.74) is 1.68. The highest BCUT2D eigenvalue weighted by Gasteiger charge is 2.19. The van der Waals surface area contributed by atoms with E-state index in [4.69, 9.17) is 0 Å². The summed E-state index contributed by atoms with van der Waals surface area (Å²) in [5.74, 6) is 0.639. The van der Waals surface area contributed by atoms with Crippen molar-refractivity contribution in [1.29, 1.82) is 0 Å². The summed E-state index contributed by atoms with van der Waals surface area (Å²) in [6.07, 6.45) is 0.815. The third-order valence-electron chi connectivity index (χ3n) is 5.63. The van der Waals surface area contributed by atoms with E-state index >= 15 is 0 Å². The van der Waals surface area contributed by atoms with Gasteiger partial charge in [-0.2, -0.15) is 0 Å². The summed E-state index contributed by atoms with van der Waals surface area (Å²) >= 11 is 1.40. The van der Waals surface area contributed by atoms with Crippen molar-refractivity contribution < 1.29 is 9.18 Å². The molecule has 2 heterocycles. The molecule has 4 aromatic rings. The number of benzene rings is 2. The first-order chi connectivity index (χ1) is 16.3. The smallest absolute Gasteiger partial charge is 0.262 e. The van der Waals surface area contributed by atoms with Crippen molar-refractivity contribution in [1.82, 2.24) is 24.5 Å². The molecule has 7 nitrogen and oxygen atoms in total. The molecule has 2 aromatic carbocycles. The molecule has 1 amide bonds. The van der Waals surface area contributed by atoms with Crippen LogP contribution in [0.2, 0.25) is 0 Å². The maximum absolute atomic E-state index is 13.6. The number of fused-ring (bicyclic) bond motifs is 3. The molecule has 34 heavy (non-hydrogen) atoms. The van der Waals surface area contributed by atoms with Crippen LogP contribution in [0, 0.1) is 11.7 Å². The van der Waals surface area contributed by atoms with Gasteiger partial charge in [0.05, 0.1) is 10.9 Å². The number of hydrogen-bond donors (Lipinski definition) is 1. The molecule has 0 radical (unpaired) electrons. The molecule has 1 atom stereocenters. The van der Waals surface area contributed by atoms with E-state index in [9.17, 15) is 14.0 Å². The molecule has 0 saturated carbocycles. The number of nitrogens with zero attached hydrogens (tertiary/aromatic N) is 4. The van der Waals surface area contributed by atoms with Crippen LogP contribution >= 0.6 is 11.8 Å². The standard InChI is InChI=1S/C25H28FN5O2S/c1-5-16(4)27-22(32)18-9-10-20-21(12-18)31-24(30(23(20)33)13-15(2)3)28-29-25(31)34-14-17-7-6-8-19(26)11-17/h6-12,15-16H,5,13-14H2,1-4H3,(H,27,32). The highest BCUT2D eigenvalue weighted by Crippen LogP contribution is 2.26. The van der Waals surface area contributed by atoms with Crippen LogP contribution < -0.4 is 10.9 Å². The lowest BCUT2D eigenvalue weighted by atomic mass is 10.1. The van der Waals surface area contributed by atoms with Crippen molar-refractivity contribution in [2.45, 2.75) is 57.6 Å². The number of hydrogen-bond acceptors (Lipinski definition) is 5. The first-order valence-electron chi connectivity index (χ1n) is 11.4.